The Kier molecular flexibility index (Phi) is 9.77. The maximum absolute atomic E-state index is 11.1. The number of carboxylic acid groups (broad SMARTS) is 1. The predicted molar refractivity (Wildman–Crippen MR) is 103 cm³/mol. The van der Waals surface area contributed by atoms with Crippen LogP contribution in [0.15, 0.2) is 18.2 Å². The van der Waals surface area contributed by atoms with Crippen molar-refractivity contribution in [2.24, 2.45) is 0 Å². The summed E-state index contributed by atoms with van der Waals surface area (Å²) in [4.78, 5) is 21.1. The van der Waals surface area contributed by atoms with E-state index in [1.54, 1.807) is 12.1 Å². The quantitative estimate of drug-likeness (QED) is 0.185. The van der Waals surface area contributed by atoms with Crippen LogP contribution in [0.2, 0.25) is 0 Å². The second-order valence-electron chi connectivity index (χ2n) is 5.39. The zero-order valence-corrected chi connectivity index (χ0v) is 15.4. The number of anilines is 1. The second-order valence-corrected chi connectivity index (χ2v) is 5.80. The smallest absolute Gasteiger partial charge is 0.305 e. The standard InChI is InChI=1S/C16H24N4O5S/c1-2-10-25-12-4-5-14(20(23)24)13(11-12)17-7-3-8-18-16(26)19-9-6-15(21)22/h4-5,11,17H,2-3,6-10H2,1H3,(H,21,22)(H2,18,19,26). The topological polar surface area (TPSA) is 126 Å². The van der Waals surface area contributed by atoms with Gasteiger partial charge in [-0.2, -0.15) is 0 Å². The first-order chi connectivity index (χ1) is 12.4. The van der Waals surface area contributed by atoms with Crippen LogP contribution >= 0.6 is 12.2 Å². The molecule has 0 amide bonds. The number of benzene rings is 1. The molecule has 10 heteroatoms. The van der Waals surface area contributed by atoms with E-state index in [9.17, 15) is 14.9 Å². The van der Waals surface area contributed by atoms with Gasteiger partial charge in [0.25, 0.3) is 5.69 Å². The molecule has 0 radical (unpaired) electrons. The van der Waals surface area contributed by atoms with E-state index in [1.165, 1.54) is 6.07 Å². The Morgan fingerprint density at radius 1 is 1.31 bits per heavy atom. The van der Waals surface area contributed by atoms with Gasteiger partial charge in [-0.15, -0.1) is 0 Å². The van der Waals surface area contributed by atoms with E-state index in [1.807, 2.05) is 6.92 Å². The van der Waals surface area contributed by atoms with Gasteiger partial charge in [-0.05, 0) is 31.1 Å². The maximum Gasteiger partial charge on any atom is 0.305 e. The molecule has 0 aromatic heterocycles. The third-order valence-electron chi connectivity index (χ3n) is 3.22. The predicted octanol–water partition coefficient (Wildman–Crippen LogP) is 2.12. The summed E-state index contributed by atoms with van der Waals surface area (Å²) in [5.41, 5.74) is 0.401. The Hall–Kier alpha value is -2.62. The van der Waals surface area contributed by atoms with E-state index >= 15 is 0 Å². The fourth-order valence-electron chi connectivity index (χ4n) is 1.98. The molecule has 144 valence electrons. The molecular weight excluding hydrogens is 360 g/mol. The molecule has 0 aliphatic heterocycles. The molecule has 0 bridgehead atoms. The second kappa shape index (κ2) is 11.9. The molecule has 9 nitrogen and oxygen atoms in total. The van der Waals surface area contributed by atoms with Crippen molar-refractivity contribution in [3.05, 3.63) is 28.3 Å². The Labute approximate surface area is 157 Å². The van der Waals surface area contributed by atoms with Crippen molar-refractivity contribution in [2.45, 2.75) is 26.2 Å². The lowest BCUT2D eigenvalue weighted by Gasteiger charge is -2.12. The number of rotatable bonds is 12. The molecule has 1 aromatic rings. The molecule has 0 aliphatic carbocycles. The normalized spacial score (nSPS) is 10.0. The molecule has 26 heavy (non-hydrogen) atoms. The summed E-state index contributed by atoms with van der Waals surface area (Å²) in [5.74, 6) is -0.307. The monoisotopic (exact) mass is 384 g/mol. The van der Waals surface area contributed by atoms with Crippen LogP contribution in [-0.2, 0) is 4.79 Å². The molecule has 0 heterocycles. The van der Waals surface area contributed by atoms with E-state index in [2.05, 4.69) is 16.0 Å². The van der Waals surface area contributed by atoms with Crippen LogP contribution in [-0.4, -0.2) is 47.4 Å². The average Bonchev–Trinajstić information content (AvgIpc) is 2.59. The minimum absolute atomic E-state index is 0.00679. The molecule has 0 unspecified atom stereocenters. The fraction of sp³-hybridized carbons (Fsp3) is 0.500. The van der Waals surface area contributed by atoms with E-state index in [4.69, 9.17) is 22.1 Å². The molecule has 0 atom stereocenters. The minimum atomic E-state index is -0.892. The van der Waals surface area contributed by atoms with Gasteiger partial charge in [-0.25, -0.2) is 0 Å². The fourth-order valence-corrected chi connectivity index (χ4v) is 2.19. The van der Waals surface area contributed by atoms with Crippen LogP contribution in [0.5, 0.6) is 5.75 Å². The number of ether oxygens (including phenoxy) is 1. The van der Waals surface area contributed by atoms with Gasteiger partial charge >= 0.3 is 5.97 Å². The molecule has 0 fully saturated rings. The average molecular weight is 384 g/mol. The SMILES string of the molecule is CCCOc1ccc([N+](=O)[O-])c(NCCCNC(=S)NCCC(=O)O)c1. The summed E-state index contributed by atoms with van der Waals surface area (Å²) in [6, 6.07) is 4.63. The lowest BCUT2D eigenvalue weighted by molar-refractivity contribution is -0.384. The number of nitrogens with zero attached hydrogens (tertiary/aromatic N) is 1. The Morgan fingerprint density at radius 2 is 2.04 bits per heavy atom. The van der Waals surface area contributed by atoms with Crippen molar-refractivity contribution in [3.8, 4) is 5.75 Å². The van der Waals surface area contributed by atoms with E-state index in [0.717, 1.165) is 6.42 Å². The van der Waals surface area contributed by atoms with E-state index in [-0.39, 0.29) is 18.7 Å². The molecule has 0 saturated carbocycles. The van der Waals surface area contributed by atoms with Crippen LogP contribution in [0.4, 0.5) is 11.4 Å². The van der Waals surface area contributed by atoms with Gasteiger partial charge in [0.05, 0.1) is 18.0 Å². The third kappa shape index (κ3) is 8.47. The van der Waals surface area contributed by atoms with Gasteiger partial charge in [0.2, 0.25) is 0 Å². The first-order valence-corrected chi connectivity index (χ1v) is 8.73. The number of thiocarbonyl (C=S) groups is 1. The summed E-state index contributed by atoms with van der Waals surface area (Å²) in [7, 11) is 0. The Bertz CT molecular complexity index is 627. The maximum atomic E-state index is 11.1. The number of hydrogen-bond donors (Lipinski definition) is 4. The zero-order valence-electron chi connectivity index (χ0n) is 14.6. The van der Waals surface area contributed by atoms with Crippen LogP contribution in [0, 0.1) is 10.1 Å². The number of carboxylic acids is 1. The van der Waals surface area contributed by atoms with Crippen molar-refractivity contribution >= 4 is 34.7 Å². The van der Waals surface area contributed by atoms with Crippen LogP contribution in [0.3, 0.4) is 0 Å². The molecule has 0 aliphatic rings. The molecule has 0 saturated heterocycles. The number of aliphatic carboxylic acids is 1. The number of hydrogen-bond acceptors (Lipinski definition) is 6. The largest absolute Gasteiger partial charge is 0.494 e. The zero-order chi connectivity index (χ0) is 19.4. The number of nitro groups is 1. The van der Waals surface area contributed by atoms with Crippen molar-refractivity contribution in [2.75, 3.05) is 31.6 Å². The highest BCUT2D eigenvalue weighted by Gasteiger charge is 2.14. The number of nitro benzene ring substituents is 1. The first kappa shape index (κ1) is 21.4. The van der Waals surface area contributed by atoms with Crippen molar-refractivity contribution in [1.82, 2.24) is 10.6 Å². The lowest BCUT2D eigenvalue weighted by atomic mass is 10.2. The number of carbonyl (C=O) groups is 1. The van der Waals surface area contributed by atoms with E-state index < -0.39 is 10.9 Å². The summed E-state index contributed by atoms with van der Waals surface area (Å²) >= 11 is 5.02. The third-order valence-corrected chi connectivity index (χ3v) is 3.51. The molecular formula is C16H24N4O5S. The van der Waals surface area contributed by atoms with Crippen molar-refractivity contribution < 1.29 is 19.6 Å². The van der Waals surface area contributed by atoms with Crippen LogP contribution < -0.4 is 20.7 Å². The van der Waals surface area contributed by atoms with Gasteiger partial charge in [0.15, 0.2) is 5.11 Å². The molecule has 4 N–H and O–H groups in total. The summed E-state index contributed by atoms with van der Waals surface area (Å²) < 4.78 is 5.50. The molecule has 1 aromatic carbocycles. The number of nitrogens with one attached hydrogen (secondary N) is 3. The summed E-state index contributed by atoms with van der Waals surface area (Å²) in [6.45, 7) is 3.84. The highest BCUT2D eigenvalue weighted by Crippen LogP contribution is 2.28. The van der Waals surface area contributed by atoms with Crippen LogP contribution in [0.25, 0.3) is 0 Å². The summed E-state index contributed by atoms with van der Waals surface area (Å²) in [6.07, 6.45) is 1.51. The first-order valence-electron chi connectivity index (χ1n) is 8.32. The van der Waals surface area contributed by atoms with Crippen molar-refractivity contribution in [3.63, 3.8) is 0 Å². The van der Waals surface area contributed by atoms with Gasteiger partial charge in [0.1, 0.15) is 11.4 Å². The van der Waals surface area contributed by atoms with Crippen molar-refractivity contribution in [1.29, 1.82) is 0 Å². The highest BCUT2D eigenvalue weighted by atomic mass is 32.1. The van der Waals surface area contributed by atoms with E-state index in [0.29, 0.717) is 42.7 Å². The Balaban J connectivity index is 2.40. The van der Waals surface area contributed by atoms with Crippen LogP contribution in [0.1, 0.15) is 26.2 Å². The minimum Gasteiger partial charge on any atom is -0.494 e. The molecule has 0 spiro atoms. The summed E-state index contributed by atoms with van der Waals surface area (Å²) in [5, 5.41) is 28.8. The Morgan fingerprint density at radius 3 is 2.69 bits per heavy atom. The van der Waals surface area contributed by atoms with Gasteiger partial charge < -0.3 is 25.8 Å². The van der Waals surface area contributed by atoms with Gasteiger partial charge in [0, 0.05) is 31.8 Å². The van der Waals surface area contributed by atoms with Gasteiger partial charge in [-0.1, -0.05) is 6.92 Å². The highest BCUT2D eigenvalue weighted by molar-refractivity contribution is 7.80. The van der Waals surface area contributed by atoms with Gasteiger partial charge in [-0.3, -0.25) is 14.9 Å². The lowest BCUT2D eigenvalue weighted by Crippen LogP contribution is -2.37. The molecule has 1 rings (SSSR count).